The summed E-state index contributed by atoms with van der Waals surface area (Å²) in [5, 5.41) is 15.7. The second kappa shape index (κ2) is 14.2. The van der Waals surface area contributed by atoms with Gasteiger partial charge in [-0.2, -0.15) is 35.2 Å². The van der Waals surface area contributed by atoms with Crippen molar-refractivity contribution >= 4 is 18.7 Å². The van der Waals surface area contributed by atoms with Gasteiger partial charge in [0, 0.05) is 49.0 Å². The first-order valence-corrected chi connectivity index (χ1v) is 11.3. The van der Waals surface area contributed by atoms with Crippen molar-refractivity contribution in [1.82, 2.24) is 5.32 Å². The van der Waals surface area contributed by atoms with Gasteiger partial charge in [0.15, 0.2) is 5.78 Å². The van der Waals surface area contributed by atoms with E-state index in [0.29, 0.717) is 11.1 Å². The third kappa shape index (κ3) is 7.90. The molecule has 2 aromatic carbocycles. The minimum absolute atomic E-state index is 0. The molecule has 2 unspecified atom stereocenters. The number of nitroso groups, excluding NO2 is 1. The minimum atomic E-state index is -1.61. The Bertz CT molecular complexity index is 1040. The number of hydrogen-bond donors (Lipinski definition) is 2. The average Bonchev–Trinajstić information content (AvgIpc) is 2.87. The van der Waals surface area contributed by atoms with Crippen molar-refractivity contribution in [3.63, 3.8) is 0 Å². The molecule has 0 aliphatic heterocycles. The Morgan fingerprint density at radius 2 is 2.00 bits per heavy atom. The number of ketones is 1. The predicted octanol–water partition coefficient (Wildman–Crippen LogP) is 3.88. The maximum Gasteiger partial charge on any atom is 0.506 e. The van der Waals surface area contributed by atoms with Gasteiger partial charge in [0.1, 0.15) is 0 Å². The van der Waals surface area contributed by atoms with Crippen molar-refractivity contribution in [1.29, 1.82) is 0 Å². The van der Waals surface area contributed by atoms with Crippen LogP contribution in [0.1, 0.15) is 48.8 Å². The van der Waals surface area contributed by atoms with Crippen molar-refractivity contribution in [2.75, 3.05) is 0 Å². The van der Waals surface area contributed by atoms with Crippen molar-refractivity contribution in [3.05, 3.63) is 100.0 Å². The van der Waals surface area contributed by atoms with E-state index in [9.17, 15) is 19.5 Å². The monoisotopic (exact) mass is 681 g/mol. The number of carbonyl (C=O) groups excluding carboxylic acids is 2. The molecule has 174 valence electrons. The Labute approximate surface area is 224 Å². The molecular weight excluding hydrogens is 653 g/mol. The summed E-state index contributed by atoms with van der Waals surface area (Å²) < 4.78 is 0. The minimum Gasteiger partial charge on any atom is -0.428 e. The molecule has 0 bridgehead atoms. The van der Waals surface area contributed by atoms with Crippen LogP contribution in [-0.4, -0.2) is 29.7 Å². The molecule has 0 aromatic heterocycles. The zero-order valence-electron chi connectivity index (χ0n) is 19.2. The number of allylic oxidation sites excluding steroid dienone is 4. The van der Waals surface area contributed by atoms with E-state index >= 15 is 0 Å². The number of aryl methyl sites for hydroxylation is 1. The summed E-state index contributed by atoms with van der Waals surface area (Å²) >= 11 is 0. The van der Waals surface area contributed by atoms with Crippen LogP contribution in [0.15, 0.2) is 77.4 Å². The van der Waals surface area contributed by atoms with E-state index in [2.05, 4.69) is 16.5 Å². The second-order valence-electron chi connectivity index (χ2n) is 8.17. The van der Waals surface area contributed by atoms with Gasteiger partial charge in [0.05, 0.1) is 5.94 Å². The third-order valence-electron chi connectivity index (χ3n) is 5.81. The van der Waals surface area contributed by atoms with E-state index in [1.165, 1.54) is 0 Å². The Morgan fingerprint density at radius 1 is 1.21 bits per heavy atom. The molecule has 1 aliphatic rings. The number of rotatable bonds is 11. The summed E-state index contributed by atoms with van der Waals surface area (Å²) in [4.78, 5) is 37.4. The van der Waals surface area contributed by atoms with Crippen LogP contribution in [0, 0.1) is 42.1 Å². The Kier molecular flexibility index (Phi) is 11.7. The van der Waals surface area contributed by atoms with E-state index in [-0.39, 0.29) is 49.7 Å². The molecule has 0 saturated heterocycles. The fourth-order valence-electron chi connectivity index (χ4n) is 3.93. The summed E-state index contributed by atoms with van der Waals surface area (Å²) in [6.07, 6.45) is 8.38. The van der Waals surface area contributed by atoms with Gasteiger partial charge in [0.25, 0.3) is 0 Å². The van der Waals surface area contributed by atoms with Crippen LogP contribution < -0.4 is 5.32 Å². The molecule has 0 saturated carbocycles. The van der Waals surface area contributed by atoms with Crippen LogP contribution in [0.25, 0.3) is 0 Å². The van der Waals surface area contributed by atoms with Crippen LogP contribution in [0.3, 0.4) is 0 Å². The van der Waals surface area contributed by atoms with Gasteiger partial charge in [-0.1, -0.05) is 54.5 Å². The first-order chi connectivity index (χ1) is 16.0. The van der Waals surface area contributed by atoms with Crippen molar-refractivity contribution < 1.29 is 45.7 Å². The van der Waals surface area contributed by atoms with Crippen LogP contribution in [-0.2, 0) is 22.4 Å². The Morgan fingerprint density at radius 3 is 2.65 bits per heavy atom. The SMILES string of the molecule is CCc1cccc(CC(NC(=O)C(CC(=O)C2=CCCC=C2)c2c[c-]ccc2)B(O)N=O)c1.[U]. The number of benzene rings is 2. The Hall–Kier alpha value is -2.26. The molecule has 3 rings (SSSR count). The third-order valence-corrected chi connectivity index (χ3v) is 5.81. The quantitative estimate of drug-likeness (QED) is 0.214. The van der Waals surface area contributed by atoms with Crippen LogP contribution in [0.2, 0.25) is 0 Å². The fourth-order valence-corrected chi connectivity index (χ4v) is 3.93. The van der Waals surface area contributed by atoms with Gasteiger partial charge >= 0.3 is 7.05 Å². The number of Topliss-reactive ketones (excluding diaryl/α,β-unsaturated/α-hetero) is 1. The first kappa shape index (κ1) is 28.0. The standard InChI is InChI=1S/C26H28BN2O4.U/c1-2-19-10-9-11-20(16-19)17-25(27(32)29-33)28-26(31)23(21-12-5-3-6-13-21)18-24(30)22-14-7-4-8-15-22;/h3,5,7,9-16,23,25,32H,2,4,8,17-18H2,1H3,(H,28,31);/q-1;. The second-order valence-corrected chi connectivity index (χ2v) is 8.17. The first-order valence-electron chi connectivity index (χ1n) is 11.3. The van der Waals surface area contributed by atoms with Crippen LogP contribution >= 0.6 is 0 Å². The molecule has 1 amide bonds. The summed E-state index contributed by atoms with van der Waals surface area (Å²) in [5.74, 6) is -2.27. The van der Waals surface area contributed by atoms with E-state index in [1.54, 1.807) is 30.3 Å². The summed E-state index contributed by atoms with van der Waals surface area (Å²) in [7, 11) is -1.61. The summed E-state index contributed by atoms with van der Waals surface area (Å²) in [5.41, 5.74) is 3.23. The summed E-state index contributed by atoms with van der Waals surface area (Å²) in [6.45, 7) is 2.04. The molecule has 0 heterocycles. The van der Waals surface area contributed by atoms with Crippen molar-refractivity contribution in [3.8, 4) is 0 Å². The molecule has 2 N–H and O–H groups in total. The molecule has 2 atom stereocenters. The van der Waals surface area contributed by atoms with Gasteiger partial charge < -0.3 is 10.3 Å². The molecule has 0 spiro atoms. The number of nitrogens with one attached hydrogen (secondary N) is 1. The zero-order chi connectivity index (χ0) is 23.6. The molecule has 6 nitrogen and oxygen atoms in total. The predicted molar refractivity (Wildman–Crippen MR) is 129 cm³/mol. The number of nitrogens with zero attached hydrogens (tertiary/aromatic N) is 1. The van der Waals surface area contributed by atoms with Gasteiger partial charge in [-0.15, -0.1) is 5.56 Å². The fraction of sp³-hybridized carbons (Fsp3) is 0.308. The van der Waals surface area contributed by atoms with E-state index < -0.39 is 24.8 Å². The molecule has 34 heavy (non-hydrogen) atoms. The van der Waals surface area contributed by atoms with Gasteiger partial charge in [0.2, 0.25) is 5.91 Å². The zero-order valence-corrected chi connectivity index (χ0v) is 23.4. The number of amides is 1. The van der Waals surface area contributed by atoms with Gasteiger partial charge in [-0.25, -0.2) is 0 Å². The average molecular weight is 681 g/mol. The topological polar surface area (TPSA) is 95.8 Å². The maximum absolute atomic E-state index is 13.3. The molecule has 0 radical (unpaired) electrons. The Balaban J connectivity index is 0.00000408. The van der Waals surface area contributed by atoms with Crippen molar-refractivity contribution in [2.24, 2.45) is 5.09 Å². The van der Waals surface area contributed by atoms with Gasteiger partial charge in [-0.05, 0) is 36.8 Å². The normalized spacial score (nSPS) is 14.2. The van der Waals surface area contributed by atoms with E-state index in [4.69, 9.17) is 0 Å². The van der Waals surface area contributed by atoms with Crippen LogP contribution in [0.5, 0.6) is 0 Å². The molecule has 1 aliphatic carbocycles. The van der Waals surface area contributed by atoms with Crippen LogP contribution in [0.4, 0.5) is 0 Å². The largest absolute Gasteiger partial charge is 0.506 e. The van der Waals surface area contributed by atoms with Crippen molar-refractivity contribution in [2.45, 2.75) is 50.9 Å². The molecular formula is C26H28BN2O4U-. The maximum atomic E-state index is 13.3. The number of hydrogen-bond acceptors (Lipinski definition) is 5. The van der Waals surface area contributed by atoms with E-state index in [1.807, 2.05) is 43.3 Å². The van der Waals surface area contributed by atoms with E-state index in [0.717, 1.165) is 30.4 Å². The summed E-state index contributed by atoms with van der Waals surface area (Å²) in [6, 6.07) is 17.6. The number of carbonyl (C=O) groups is 2. The molecule has 2 aromatic rings. The van der Waals surface area contributed by atoms with Gasteiger partial charge in [-0.3, -0.25) is 9.59 Å². The molecule has 8 heteroatoms. The smallest absolute Gasteiger partial charge is 0.428 e. The molecule has 0 fully saturated rings.